The number of hydrogen-bond acceptors (Lipinski definition) is 6. The van der Waals surface area contributed by atoms with Crippen LogP contribution in [0.25, 0.3) is 11.2 Å². The molecule has 3 aromatic heterocycles. The Morgan fingerprint density at radius 1 is 1.50 bits per heavy atom. The number of carbonyl (C=O) groups excluding carboxylic acids is 1. The Morgan fingerprint density at radius 2 is 2.27 bits per heavy atom. The molecular weight excluding hydrogens is 292 g/mol. The van der Waals surface area contributed by atoms with E-state index in [0.717, 1.165) is 4.57 Å². The predicted octanol–water partition coefficient (Wildman–Crippen LogP) is -1.03. The van der Waals surface area contributed by atoms with E-state index in [2.05, 4.69) is 19.6 Å². The smallest absolute Gasteiger partial charge is 0.330 e. The van der Waals surface area contributed by atoms with E-state index in [1.807, 2.05) is 0 Å². The maximum atomic E-state index is 12.6. The fourth-order valence-corrected chi connectivity index (χ4v) is 2.11. The van der Waals surface area contributed by atoms with E-state index in [9.17, 15) is 14.4 Å². The zero-order valence-electron chi connectivity index (χ0n) is 11.5. The average molecular weight is 304 g/mol. The van der Waals surface area contributed by atoms with E-state index >= 15 is 0 Å². The number of nitrogens with two attached hydrogens (primary N) is 1. The van der Waals surface area contributed by atoms with Crippen molar-refractivity contribution in [3.05, 3.63) is 45.2 Å². The van der Waals surface area contributed by atoms with Crippen LogP contribution in [0, 0.1) is 0 Å². The van der Waals surface area contributed by atoms with E-state index in [4.69, 9.17) is 5.73 Å². The molecule has 0 aliphatic heterocycles. The number of carbonyl (C=O) groups is 1. The molecule has 1 atom stereocenters. The number of hydrogen-bond donors (Lipinski definition) is 2. The highest BCUT2D eigenvalue weighted by molar-refractivity contribution is 5.80. The van der Waals surface area contributed by atoms with Crippen molar-refractivity contribution in [2.45, 2.75) is 19.5 Å². The van der Waals surface area contributed by atoms with Gasteiger partial charge in [0.05, 0.1) is 12.9 Å². The molecule has 3 aromatic rings. The predicted molar refractivity (Wildman–Crippen MR) is 74.1 cm³/mol. The summed E-state index contributed by atoms with van der Waals surface area (Å²) in [7, 11) is 0. The molecule has 0 radical (unpaired) electrons. The third kappa shape index (κ3) is 2.10. The van der Waals surface area contributed by atoms with Crippen LogP contribution < -0.4 is 17.0 Å². The molecule has 0 saturated carbocycles. The van der Waals surface area contributed by atoms with Crippen molar-refractivity contribution in [1.29, 1.82) is 0 Å². The molecule has 114 valence electrons. The number of imidazole rings is 1. The van der Waals surface area contributed by atoms with Gasteiger partial charge in [0, 0.05) is 6.07 Å². The van der Waals surface area contributed by atoms with Gasteiger partial charge in [0.15, 0.2) is 11.2 Å². The lowest BCUT2D eigenvalue weighted by Gasteiger charge is -2.10. The molecule has 10 nitrogen and oxygen atoms in total. The van der Waals surface area contributed by atoms with Gasteiger partial charge >= 0.3 is 5.69 Å². The quantitative estimate of drug-likeness (QED) is 0.631. The van der Waals surface area contributed by atoms with Crippen molar-refractivity contribution in [2.75, 3.05) is 0 Å². The van der Waals surface area contributed by atoms with E-state index in [-0.39, 0.29) is 17.7 Å². The van der Waals surface area contributed by atoms with Crippen LogP contribution in [-0.2, 0) is 11.3 Å². The molecule has 0 aliphatic carbocycles. The van der Waals surface area contributed by atoms with E-state index < -0.39 is 23.2 Å². The lowest BCUT2D eigenvalue weighted by molar-refractivity contribution is -0.120. The van der Waals surface area contributed by atoms with E-state index in [0.29, 0.717) is 5.69 Å². The number of rotatable bonds is 4. The molecule has 0 aromatic carbocycles. The molecule has 3 rings (SSSR count). The Hall–Kier alpha value is -3.17. The fraction of sp³-hybridized carbons (Fsp3) is 0.250. The van der Waals surface area contributed by atoms with Gasteiger partial charge in [-0.3, -0.25) is 19.1 Å². The van der Waals surface area contributed by atoms with Crippen LogP contribution in [0.2, 0.25) is 0 Å². The molecule has 0 spiro atoms. The first-order valence-electron chi connectivity index (χ1n) is 6.37. The number of nitrogens with one attached hydrogen (secondary N) is 1. The summed E-state index contributed by atoms with van der Waals surface area (Å²) in [5.74, 6) is -0.618. The van der Waals surface area contributed by atoms with Crippen LogP contribution in [0.1, 0.15) is 18.7 Å². The lowest BCUT2D eigenvalue weighted by atomic mass is 10.3. The van der Waals surface area contributed by atoms with Gasteiger partial charge in [0.1, 0.15) is 18.0 Å². The van der Waals surface area contributed by atoms with Crippen LogP contribution in [0.15, 0.2) is 32.8 Å². The molecular formula is C12H12N6O4. The van der Waals surface area contributed by atoms with Crippen molar-refractivity contribution in [3.63, 3.8) is 0 Å². The molecule has 0 fully saturated rings. The topological polar surface area (TPSA) is 142 Å². The van der Waals surface area contributed by atoms with Gasteiger partial charge in [-0.15, -0.1) is 0 Å². The molecule has 1 amide bonds. The summed E-state index contributed by atoms with van der Waals surface area (Å²) < 4.78 is 6.96. The molecule has 10 heteroatoms. The summed E-state index contributed by atoms with van der Waals surface area (Å²) in [5, 5.41) is 3.66. The van der Waals surface area contributed by atoms with Gasteiger partial charge in [0.2, 0.25) is 5.91 Å². The summed E-state index contributed by atoms with van der Waals surface area (Å²) in [4.78, 5) is 42.3. The van der Waals surface area contributed by atoms with Crippen molar-refractivity contribution in [1.82, 2.24) is 24.3 Å². The Balaban J connectivity index is 2.22. The number of H-pyrrole nitrogens is 1. The van der Waals surface area contributed by atoms with Gasteiger partial charge in [-0.2, -0.15) is 0 Å². The van der Waals surface area contributed by atoms with Crippen molar-refractivity contribution in [3.8, 4) is 0 Å². The number of amides is 1. The summed E-state index contributed by atoms with van der Waals surface area (Å²) in [6.07, 6.45) is 2.63. The van der Waals surface area contributed by atoms with Gasteiger partial charge < -0.3 is 14.8 Å². The highest BCUT2D eigenvalue weighted by atomic mass is 16.5. The third-order valence-corrected chi connectivity index (χ3v) is 3.35. The van der Waals surface area contributed by atoms with Gasteiger partial charge in [0.25, 0.3) is 5.56 Å². The van der Waals surface area contributed by atoms with Crippen molar-refractivity contribution < 1.29 is 9.32 Å². The number of primary amides is 1. The highest BCUT2D eigenvalue weighted by Gasteiger charge is 2.19. The van der Waals surface area contributed by atoms with Gasteiger partial charge in [-0.25, -0.2) is 9.78 Å². The van der Waals surface area contributed by atoms with Crippen LogP contribution in [0.5, 0.6) is 0 Å². The number of aromatic nitrogens is 5. The Kier molecular flexibility index (Phi) is 3.13. The van der Waals surface area contributed by atoms with Crippen LogP contribution in [-0.4, -0.2) is 30.2 Å². The Labute approximate surface area is 122 Å². The maximum absolute atomic E-state index is 12.6. The molecule has 3 heterocycles. The minimum absolute atomic E-state index is 0.0588. The normalized spacial score (nSPS) is 12.6. The second kappa shape index (κ2) is 4.98. The first-order valence-corrected chi connectivity index (χ1v) is 6.37. The zero-order chi connectivity index (χ0) is 15.9. The van der Waals surface area contributed by atoms with Crippen molar-refractivity contribution >= 4 is 17.1 Å². The SMILES string of the molecule is C[C@@H](C(N)=O)n1cnc2[nH]c(=O)n(Cc3ccon3)c(=O)c21. The Bertz CT molecular complexity index is 948. The second-order valence-corrected chi connectivity index (χ2v) is 4.74. The molecule has 0 bridgehead atoms. The lowest BCUT2D eigenvalue weighted by Crippen LogP contribution is -2.37. The number of fused-ring (bicyclic) bond motifs is 1. The fourth-order valence-electron chi connectivity index (χ4n) is 2.11. The third-order valence-electron chi connectivity index (χ3n) is 3.35. The first kappa shape index (κ1) is 13.8. The minimum atomic E-state index is -0.774. The summed E-state index contributed by atoms with van der Waals surface area (Å²) in [6, 6.07) is 0.767. The van der Waals surface area contributed by atoms with E-state index in [1.54, 1.807) is 6.07 Å². The molecule has 0 unspecified atom stereocenters. The number of nitrogens with zero attached hydrogens (tertiary/aromatic N) is 4. The van der Waals surface area contributed by atoms with Crippen molar-refractivity contribution in [2.24, 2.45) is 5.73 Å². The molecule has 0 saturated heterocycles. The minimum Gasteiger partial charge on any atom is -0.368 e. The van der Waals surface area contributed by atoms with Crippen LogP contribution in [0.3, 0.4) is 0 Å². The van der Waals surface area contributed by atoms with Crippen LogP contribution in [0.4, 0.5) is 0 Å². The molecule has 3 N–H and O–H groups in total. The Morgan fingerprint density at radius 3 is 2.91 bits per heavy atom. The second-order valence-electron chi connectivity index (χ2n) is 4.74. The number of aromatic amines is 1. The van der Waals surface area contributed by atoms with Crippen LogP contribution >= 0.6 is 0 Å². The monoisotopic (exact) mass is 304 g/mol. The van der Waals surface area contributed by atoms with E-state index in [1.165, 1.54) is 24.1 Å². The summed E-state index contributed by atoms with van der Waals surface area (Å²) >= 11 is 0. The zero-order valence-corrected chi connectivity index (χ0v) is 11.5. The molecule has 22 heavy (non-hydrogen) atoms. The largest absolute Gasteiger partial charge is 0.368 e. The average Bonchev–Trinajstić information content (AvgIpc) is 3.11. The highest BCUT2D eigenvalue weighted by Crippen LogP contribution is 2.11. The summed E-state index contributed by atoms with van der Waals surface area (Å²) in [5.41, 5.74) is 4.64. The molecule has 0 aliphatic rings. The van der Waals surface area contributed by atoms with Gasteiger partial charge in [-0.05, 0) is 6.92 Å². The maximum Gasteiger partial charge on any atom is 0.330 e. The first-order chi connectivity index (χ1) is 10.5. The standard InChI is InChI=1S/C12H12N6O4/c1-6(9(13)19)18-5-14-10-8(18)11(20)17(12(21)15-10)4-7-2-3-22-16-7/h2-3,5-6H,4H2,1H3,(H2,13,19)(H,15,21)/t6-/m0/s1. The summed E-state index contributed by atoms with van der Waals surface area (Å²) in [6.45, 7) is 1.48. The van der Waals surface area contributed by atoms with Gasteiger partial charge in [-0.1, -0.05) is 5.16 Å².